The third-order valence-corrected chi connectivity index (χ3v) is 3.83. The second-order valence-corrected chi connectivity index (χ2v) is 5.45. The first kappa shape index (κ1) is 18.3. The Bertz CT molecular complexity index is 725. The van der Waals surface area contributed by atoms with Crippen LogP contribution in [-0.4, -0.2) is 51.9 Å². The van der Waals surface area contributed by atoms with Crippen molar-refractivity contribution in [2.45, 2.75) is 12.6 Å². The van der Waals surface area contributed by atoms with Gasteiger partial charge in [0.1, 0.15) is 5.69 Å². The molecule has 1 aromatic heterocycles. The van der Waals surface area contributed by atoms with Crippen LogP contribution < -0.4 is 0 Å². The number of aromatic nitrogens is 1. The SMILES string of the molecule is Cn1c(C(=O)N(CCO)CCCO)cc2cc(C(F)(F)F)ccc21. The minimum atomic E-state index is -4.45. The Kier molecular flexibility index (Phi) is 5.51. The van der Waals surface area contributed by atoms with Crippen LogP contribution in [0.4, 0.5) is 13.2 Å². The van der Waals surface area contributed by atoms with E-state index in [1.54, 1.807) is 7.05 Å². The summed E-state index contributed by atoms with van der Waals surface area (Å²) in [6.07, 6.45) is -4.09. The molecule has 1 amide bonds. The average molecular weight is 344 g/mol. The van der Waals surface area contributed by atoms with Crippen LogP contribution in [0, 0.1) is 0 Å². The monoisotopic (exact) mass is 344 g/mol. The number of amides is 1. The van der Waals surface area contributed by atoms with Crippen LogP contribution in [0.3, 0.4) is 0 Å². The van der Waals surface area contributed by atoms with Crippen molar-refractivity contribution in [1.29, 1.82) is 0 Å². The lowest BCUT2D eigenvalue weighted by molar-refractivity contribution is -0.137. The molecule has 0 bridgehead atoms. The Hall–Kier alpha value is -2.06. The minimum Gasteiger partial charge on any atom is -0.396 e. The Morgan fingerprint density at radius 2 is 1.88 bits per heavy atom. The molecule has 5 nitrogen and oxygen atoms in total. The van der Waals surface area contributed by atoms with E-state index in [4.69, 9.17) is 10.2 Å². The summed E-state index contributed by atoms with van der Waals surface area (Å²) in [7, 11) is 1.60. The molecule has 132 valence electrons. The standard InChI is InChI=1S/C16H19F3N2O3/c1-20-13-4-3-12(16(17,18)19)9-11(13)10-14(20)15(24)21(6-8-23)5-2-7-22/h3-4,9-10,22-23H,2,5-8H2,1H3. The van der Waals surface area contributed by atoms with E-state index >= 15 is 0 Å². The van der Waals surface area contributed by atoms with E-state index in [9.17, 15) is 18.0 Å². The topological polar surface area (TPSA) is 65.7 Å². The van der Waals surface area contributed by atoms with E-state index in [-0.39, 0.29) is 32.0 Å². The van der Waals surface area contributed by atoms with Crippen LogP contribution in [0.1, 0.15) is 22.5 Å². The normalized spacial score (nSPS) is 11.9. The molecule has 0 saturated carbocycles. The van der Waals surface area contributed by atoms with Gasteiger partial charge in [-0.3, -0.25) is 4.79 Å². The number of hydrogen-bond acceptors (Lipinski definition) is 3. The van der Waals surface area contributed by atoms with Gasteiger partial charge in [0.15, 0.2) is 0 Å². The lowest BCUT2D eigenvalue weighted by Crippen LogP contribution is -2.35. The summed E-state index contributed by atoms with van der Waals surface area (Å²) in [6.45, 7) is 0.0119. The number of carbonyl (C=O) groups is 1. The fraction of sp³-hybridized carbons (Fsp3) is 0.438. The van der Waals surface area contributed by atoms with Crippen molar-refractivity contribution in [2.75, 3.05) is 26.3 Å². The highest BCUT2D eigenvalue weighted by molar-refractivity contribution is 5.98. The van der Waals surface area contributed by atoms with Crippen molar-refractivity contribution >= 4 is 16.8 Å². The molecule has 0 fully saturated rings. The minimum absolute atomic E-state index is 0.0914. The Morgan fingerprint density at radius 1 is 1.17 bits per heavy atom. The van der Waals surface area contributed by atoms with E-state index in [0.717, 1.165) is 12.1 Å². The van der Waals surface area contributed by atoms with Crippen molar-refractivity contribution < 1.29 is 28.2 Å². The van der Waals surface area contributed by atoms with Gasteiger partial charge < -0.3 is 19.7 Å². The quantitative estimate of drug-likeness (QED) is 0.843. The van der Waals surface area contributed by atoms with Gasteiger partial charge in [-0.05, 0) is 30.7 Å². The van der Waals surface area contributed by atoms with Crippen molar-refractivity contribution in [3.05, 3.63) is 35.5 Å². The fourth-order valence-electron chi connectivity index (χ4n) is 2.59. The number of carbonyl (C=O) groups excluding carboxylic acids is 1. The Morgan fingerprint density at radius 3 is 2.46 bits per heavy atom. The van der Waals surface area contributed by atoms with Crippen molar-refractivity contribution in [1.82, 2.24) is 9.47 Å². The van der Waals surface area contributed by atoms with Crippen LogP contribution in [0.25, 0.3) is 10.9 Å². The number of hydrogen-bond donors (Lipinski definition) is 2. The van der Waals surface area contributed by atoms with Crippen LogP contribution >= 0.6 is 0 Å². The summed E-state index contributed by atoms with van der Waals surface area (Å²) in [5, 5.41) is 18.3. The van der Waals surface area contributed by atoms with Gasteiger partial charge in [-0.2, -0.15) is 13.2 Å². The van der Waals surface area contributed by atoms with Gasteiger partial charge >= 0.3 is 6.18 Å². The van der Waals surface area contributed by atoms with Crippen molar-refractivity contribution in [3.63, 3.8) is 0 Å². The second-order valence-electron chi connectivity index (χ2n) is 5.45. The number of alkyl halides is 3. The number of halogens is 3. The molecule has 0 aliphatic carbocycles. The maximum atomic E-state index is 12.8. The largest absolute Gasteiger partial charge is 0.416 e. The highest BCUT2D eigenvalue weighted by Crippen LogP contribution is 2.32. The van der Waals surface area contributed by atoms with Crippen molar-refractivity contribution in [3.8, 4) is 0 Å². The van der Waals surface area contributed by atoms with Gasteiger partial charge in [-0.15, -0.1) is 0 Å². The van der Waals surface area contributed by atoms with Gasteiger partial charge in [0.25, 0.3) is 5.91 Å². The zero-order chi connectivity index (χ0) is 17.9. The third-order valence-electron chi connectivity index (χ3n) is 3.83. The highest BCUT2D eigenvalue weighted by Gasteiger charge is 2.31. The van der Waals surface area contributed by atoms with E-state index in [1.165, 1.54) is 21.6 Å². The molecule has 0 aliphatic heterocycles. The molecule has 2 rings (SSSR count). The first-order chi connectivity index (χ1) is 11.3. The molecule has 0 aliphatic rings. The predicted octanol–water partition coefficient (Wildman–Crippen LogP) is 2.01. The smallest absolute Gasteiger partial charge is 0.396 e. The lowest BCUT2D eigenvalue weighted by atomic mass is 10.1. The third kappa shape index (κ3) is 3.70. The molecular formula is C16H19F3N2O3. The maximum Gasteiger partial charge on any atom is 0.416 e. The summed E-state index contributed by atoms with van der Waals surface area (Å²) in [4.78, 5) is 14.0. The van der Waals surface area contributed by atoms with E-state index in [2.05, 4.69) is 0 Å². The maximum absolute atomic E-state index is 12.8. The zero-order valence-corrected chi connectivity index (χ0v) is 13.2. The first-order valence-electron chi connectivity index (χ1n) is 7.47. The van der Waals surface area contributed by atoms with Crippen LogP contribution in [0.5, 0.6) is 0 Å². The van der Waals surface area contributed by atoms with Gasteiger partial charge in [-0.25, -0.2) is 0 Å². The van der Waals surface area contributed by atoms with Crippen LogP contribution in [-0.2, 0) is 13.2 Å². The van der Waals surface area contributed by atoms with E-state index < -0.39 is 17.6 Å². The number of nitrogens with zero attached hydrogens (tertiary/aromatic N) is 2. The van der Waals surface area contributed by atoms with Crippen LogP contribution in [0.2, 0.25) is 0 Å². The molecule has 0 spiro atoms. The summed E-state index contributed by atoms with van der Waals surface area (Å²) in [5.74, 6) is -0.398. The summed E-state index contributed by atoms with van der Waals surface area (Å²) in [5.41, 5.74) is -0.0275. The summed E-state index contributed by atoms with van der Waals surface area (Å²) in [6, 6.07) is 4.74. The molecule has 0 radical (unpaired) electrons. The summed E-state index contributed by atoms with van der Waals surface area (Å²) < 4.78 is 40.0. The fourth-order valence-corrected chi connectivity index (χ4v) is 2.59. The van der Waals surface area contributed by atoms with Crippen LogP contribution in [0.15, 0.2) is 24.3 Å². The first-order valence-corrected chi connectivity index (χ1v) is 7.47. The Labute approximate surface area is 136 Å². The van der Waals surface area contributed by atoms with Gasteiger partial charge in [0.2, 0.25) is 0 Å². The number of aliphatic hydroxyl groups is 2. The Balaban J connectivity index is 2.40. The molecule has 1 heterocycles. The average Bonchev–Trinajstić information content (AvgIpc) is 2.86. The highest BCUT2D eigenvalue weighted by atomic mass is 19.4. The molecule has 2 aromatic rings. The molecule has 2 N–H and O–H groups in total. The van der Waals surface area contributed by atoms with E-state index in [0.29, 0.717) is 17.3 Å². The molecule has 1 aromatic carbocycles. The number of benzene rings is 1. The van der Waals surface area contributed by atoms with E-state index in [1.807, 2.05) is 0 Å². The van der Waals surface area contributed by atoms with Crippen molar-refractivity contribution in [2.24, 2.45) is 7.05 Å². The van der Waals surface area contributed by atoms with Gasteiger partial charge in [-0.1, -0.05) is 0 Å². The second kappa shape index (κ2) is 7.23. The molecule has 0 unspecified atom stereocenters. The molecule has 0 atom stereocenters. The number of rotatable bonds is 6. The molecule has 24 heavy (non-hydrogen) atoms. The number of aliphatic hydroxyl groups excluding tert-OH is 2. The lowest BCUT2D eigenvalue weighted by Gasteiger charge is -2.21. The van der Waals surface area contributed by atoms with Gasteiger partial charge in [0, 0.05) is 37.6 Å². The zero-order valence-electron chi connectivity index (χ0n) is 13.2. The molecular weight excluding hydrogens is 325 g/mol. The molecule has 0 saturated heterocycles. The number of fused-ring (bicyclic) bond motifs is 1. The number of aryl methyl sites for hydroxylation is 1. The predicted molar refractivity (Wildman–Crippen MR) is 82.6 cm³/mol. The molecule has 8 heteroatoms. The van der Waals surface area contributed by atoms with Gasteiger partial charge in [0.05, 0.1) is 12.2 Å². The summed E-state index contributed by atoms with van der Waals surface area (Å²) >= 11 is 0.